The zero-order chi connectivity index (χ0) is 14.0. The number of carbonyl (C=O) groups is 1. The number of hydrogen-bond acceptors (Lipinski definition) is 2. The number of piperidine rings is 1. The molecule has 1 amide bonds. The quantitative estimate of drug-likeness (QED) is 0.767. The molecule has 5 heteroatoms. The summed E-state index contributed by atoms with van der Waals surface area (Å²) in [5.74, 6) is 0.0577. The number of ether oxygens (including phenoxy) is 1. The van der Waals surface area contributed by atoms with Crippen molar-refractivity contribution in [1.29, 1.82) is 0 Å². The fourth-order valence-corrected chi connectivity index (χ4v) is 3.60. The molecule has 0 saturated carbocycles. The van der Waals surface area contributed by atoms with Crippen LogP contribution in [0.4, 0.5) is 0 Å². The van der Waals surface area contributed by atoms with Gasteiger partial charge in [0.15, 0.2) is 0 Å². The minimum atomic E-state index is -0.226. The topological polar surface area (TPSA) is 29.5 Å². The number of rotatable bonds is 2. The van der Waals surface area contributed by atoms with Crippen molar-refractivity contribution >= 4 is 37.8 Å². The maximum atomic E-state index is 12.6. The zero-order valence-corrected chi connectivity index (χ0v) is 14.3. The minimum Gasteiger partial charge on any atom is -0.377 e. The molecule has 1 aliphatic heterocycles. The number of likely N-dealkylation sites (tertiary alicyclic amines) is 1. The van der Waals surface area contributed by atoms with Crippen molar-refractivity contribution < 1.29 is 9.53 Å². The van der Waals surface area contributed by atoms with Crippen LogP contribution in [0.25, 0.3) is 0 Å². The van der Waals surface area contributed by atoms with Crippen molar-refractivity contribution in [2.24, 2.45) is 0 Å². The minimum absolute atomic E-state index is 0.0577. The number of carbonyl (C=O) groups excluding carboxylic acids is 1. The molecule has 0 bridgehead atoms. The Bertz CT molecular complexity index is 492. The Morgan fingerprint density at radius 3 is 2.79 bits per heavy atom. The first-order valence-electron chi connectivity index (χ1n) is 6.25. The van der Waals surface area contributed by atoms with Crippen molar-refractivity contribution in [3.05, 3.63) is 32.7 Å². The third kappa shape index (κ3) is 3.38. The molecule has 3 nitrogen and oxygen atoms in total. The average molecular weight is 391 g/mol. The van der Waals surface area contributed by atoms with E-state index in [1.54, 1.807) is 7.11 Å². The lowest BCUT2D eigenvalue weighted by atomic mass is 9.94. The van der Waals surface area contributed by atoms with E-state index in [4.69, 9.17) is 4.74 Å². The molecule has 1 fully saturated rings. The fourth-order valence-electron chi connectivity index (χ4n) is 2.38. The SMILES string of the molecule is COC1(C)CCCN(C(=O)c2ccc(Br)cc2Br)C1. The number of amides is 1. The van der Waals surface area contributed by atoms with Gasteiger partial charge in [-0.15, -0.1) is 0 Å². The van der Waals surface area contributed by atoms with Crippen LogP contribution in [0.3, 0.4) is 0 Å². The molecule has 1 aromatic carbocycles. The van der Waals surface area contributed by atoms with E-state index < -0.39 is 0 Å². The molecule has 0 radical (unpaired) electrons. The van der Waals surface area contributed by atoms with Crippen LogP contribution in [0.5, 0.6) is 0 Å². The monoisotopic (exact) mass is 389 g/mol. The van der Waals surface area contributed by atoms with Gasteiger partial charge >= 0.3 is 0 Å². The smallest absolute Gasteiger partial charge is 0.255 e. The molecular formula is C14H17Br2NO2. The van der Waals surface area contributed by atoms with Crippen LogP contribution in [-0.4, -0.2) is 36.6 Å². The van der Waals surface area contributed by atoms with E-state index in [9.17, 15) is 4.79 Å². The Labute approximate surface area is 130 Å². The Balaban J connectivity index is 2.19. The van der Waals surface area contributed by atoms with Crippen LogP contribution in [0.15, 0.2) is 27.1 Å². The Kier molecular flexibility index (Phi) is 4.69. The Morgan fingerprint density at radius 2 is 2.16 bits per heavy atom. The van der Waals surface area contributed by atoms with Crippen LogP contribution in [-0.2, 0) is 4.74 Å². The Morgan fingerprint density at radius 1 is 1.42 bits per heavy atom. The van der Waals surface area contributed by atoms with Gasteiger partial charge in [0.1, 0.15) is 0 Å². The second-order valence-electron chi connectivity index (χ2n) is 5.11. The second-order valence-corrected chi connectivity index (χ2v) is 6.88. The molecule has 0 N–H and O–H groups in total. The van der Waals surface area contributed by atoms with Gasteiger partial charge in [-0.2, -0.15) is 0 Å². The zero-order valence-electron chi connectivity index (χ0n) is 11.1. The maximum absolute atomic E-state index is 12.6. The largest absolute Gasteiger partial charge is 0.377 e. The molecule has 104 valence electrons. The van der Waals surface area contributed by atoms with Gasteiger partial charge in [0.2, 0.25) is 0 Å². The van der Waals surface area contributed by atoms with Crippen molar-refractivity contribution in [3.63, 3.8) is 0 Å². The summed E-state index contributed by atoms with van der Waals surface area (Å²) in [5.41, 5.74) is 0.471. The summed E-state index contributed by atoms with van der Waals surface area (Å²) in [7, 11) is 1.71. The summed E-state index contributed by atoms with van der Waals surface area (Å²) in [6, 6.07) is 5.62. The highest BCUT2D eigenvalue weighted by Gasteiger charge is 2.33. The van der Waals surface area contributed by atoms with Crippen LogP contribution in [0.1, 0.15) is 30.1 Å². The van der Waals surface area contributed by atoms with Crippen molar-refractivity contribution in [3.8, 4) is 0 Å². The lowest BCUT2D eigenvalue weighted by molar-refractivity contribution is -0.0440. The van der Waals surface area contributed by atoms with Crippen molar-refractivity contribution in [1.82, 2.24) is 4.90 Å². The van der Waals surface area contributed by atoms with E-state index in [-0.39, 0.29) is 11.5 Å². The standard InChI is InChI=1S/C14H17Br2NO2/c1-14(19-2)6-3-7-17(9-14)13(18)11-5-4-10(15)8-12(11)16/h4-5,8H,3,6-7,9H2,1-2H3. The summed E-state index contributed by atoms with van der Waals surface area (Å²) in [6.07, 6.45) is 1.97. The predicted octanol–water partition coefficient (Wildman–Crippen LogP) is 3.85. The van der Waals surface area contributed by atoms with E-state index in [2.05, 4.69) is 38.8 Å². The van der Waals surface area contributed by atoms with Crippen LogP contribution in [0.2, 0.25) is 0 Å². The molecule has 1 aliphatic rings. The van der Waals surface area contributed by atoms with E-state index in [0.717, 1.165) is 28.3 Å². The molecule has 0 aromatic heterocycles. The van der Waals surface area contributed by atoms with E-state index in [1.165, 1.54) is 0 Å². The highest BCUT2D eigenvalue weighted by Crippen LogP contribution is 2.28. The Hall–Kier alpha value is -0.390. The normalized spacial score (nSPS) is 23.5. The first kappa shape index (κ1) is 15.0. The predicted molar refractivity (Wildman–Crippen MR) is 82.4 cm³/mol. The van der Waals surface area contributed by atoms with Crippen LogP contribution >= 0.6 is 31.9 Å². The highest BCUT2D eigenvalue weighted by atomic mass is 79.9. The van der Waals surface area contributed by atoms with E-state index in [0.29, 0.717) is 12.1 Å². The summed E-state index contributed by atoms with van der Waals surface area (Å²) in [4.78, 5) is 14.4. The van der Waals surface area contributed by atoms with Gasteiger partial charge in [0.05, 0.1) is 11.2 Å². The molecule has 0 aliphatic carbocycles. The van der Waals surface area contributed by atoms with Gasteiger partial charge in [0.25, 0.3) is 5.91 Å². The third-order valence-corrected chi connectivity index (χ3v) is 4.75. The number of nitrogens with zero attached hydrogens (tertiary/aromatic N) is 1. The lowest BCUT2D eigenvalue weighted by Crippen LogP contribution is -2.49. The maximum Gasteiger partial charge on any atom is 0.255 e. The molecule has 19 heavy (non-hydrogen) atoms. The molecule has 1 unspecified atom stereocenters. The first-order valence-corrected chi connectivity index (χ1v) is 7.83. The average Bonchev–Trinajstić information content (AvgIpc) is 2.38. The van der Waals surface area contributed by atoms with Gasteiger partial charge in [-0.25, -0.2) is 0 Å². The van der Waals surface area contributed by atoms with Gasteiger partial charge in [-0.1, -0.05) is 15.9 Å². The van der Waals surface area contributed by atoms with Gasteiger partial charge in [-0.3, -0.25) is 4.79 Å². The molecule has 1 saturated heterocycles. The molecule has 0 spiro atoms. The molecule has 1 aromatic rings. The third-order valence-electron chi connectivity index (χ3n) is 3.60. The summed E-state index contributed by atoms with van der Waals surface area (Å²) in [6.45, 7) is 3.49. The number of methoxy groups -OCH3 is 1. The summed E-state index contributed by atoms with van der Waals surface area (Å²) < 4.78 is 7.30. The van der Waals surface area contributed by atoms with Crippen molar-refractivity contribution in [2.75, 3.05) is 20.2 Å². The first-order chi connectivity index (χ1) is 8.95. The molecule has 1 heterocycles. The highest BCUT2D eigenvalue weighted by molar-refractivity contribution is 9.11. The molecule has 2 rings (SSSR count). The van der Waals surface area contributed by atoms with Gasteiger partial charge in [-0.05, 0) is 53.9 Å². The molecule has 1 atom stereocenters. The summed E-state index contributed by atoms with van der Waals surface area (Å²) >= 11 is 6.85. The van der Waals surface area contributed by atoms with Crippen LogP contribution < -0.4 is 0 Å². The number of benzene rings is 1. The van der Waals surface area contributed by atoms with Crippen molar-refractivity contribution in [2.45, 2.75) is 25.4 Å². The fraction of sp³-hybridized carbons (Fsp3) is 0.500. The number of halogens is 2. The van der Waals surface area contributed by atoms with E-state index in [1.807, 2.05) is 23.1 Å². The van der Waals surface area contributed by atoms with Gasteiger partial charge < -0.3 is 9.64 Å². The summed E-state index contributed by atoms with van der Waals surface area (Å²) in [5, 5.41) is 0. The second kappa shape index (κ2) is 5.94. The number of hydrogen-bond donors (Lipinski definition) is 0. The van der Waals surface area contributed by atoms with Crippen LogP contribution in [0, 0.1) is 0 Å². The van der Waals surface area contributed by atoms with Gasteiger partial charge in [0, 0.05) is 29.1 Å². The van der Waals surface area contributed by atoms with E-state index >= 15 is 0 Å². The molecular weight excluding hydrogens is 374 g/mol. The lowest BCUT2D eigenvalue weighted by Gasteiger charge is -2.39.